The van der Waals surface area contributed by atoms with Gasteiger partial charge in [0, 0.05) is 55.8 Å². The fourth-order valence-corrected chi connectivity index (χ4v) is 11.3. The van der Waals surface area contributed by atoms with Crippen molar-refractivity contribution in [3.05, 3.63) is 243 Å². The Kier molecular flexibility index (Phi) is 8.34. The van der Waals surface area contributed by atoms with E-state index in [1.807, 2.05) is 0 Å². The van der Waals surface area contributed by atoms with Crippen molar-refractivity contribution >= 4 is 118 Å². The average molecular weight is 854 g/mol. The summed E-state index contributed by atoms with van der Waals surface area (Å²) in [6, 6.07) is 88.4. The summed E-state index contributed by atoms with van der Waals surface area (Å²) < 4.78 is 7.06. The number of para-hydroxylation sites is 6. The zero-order valence-electron chi connectivity index (χ0n) is 36.4. The summed E-state index contributed by atoms with van der Waals surface area (Å²) in [4.78, 5) is 7.49. The van der Waals surface area contributed by atoms with Gasteiger partial charge in [0.15, 0.2) is 5.58 Å². The lowest BCUT2D eigenvalue weighted by Gasteiger charge is -2.45. The number of anilines is 9. The van der Waals surface area contributed by atoms with Gasteiger partial charge in [0.25, 0.3) is 6.71 Å². The Morgan fingerprint density at radius 3 is 1.48 bits per heavy atom. The van der Waals surface area contributed by atoms with Crippen LogP contribution in [0.4, 0.5) is 51.2 Å². The zero-order chi connectivity index (χ0) is 44.0. The van der Waals surface area contributed by atoms with Gasteiger partial charge in [-0.1, -0.05) is 182 Å². The molecule has 312 valence electrons. The van der Waals surface area contributed by atoms with Crippen molar-refractivity contribution in [2.75, 3.05) is 14.7 Å². The van der Waals surface area contributed by atoms with Gasteiger partial charge in [0.1, 0.15) is 5.58 Å². The van der Waals surface area contributed by atoms with E-state index in [1.54, 1.807) is 0 Å². The lowest BCUT2D eigenvalue weighted by molar-refractivity contribution is 0.669. The minimum absolute atomic E-state index is 0.0139. The molecule has 2 aliphatic heterocycles. The molecule has 0 atom stereocenters. The Bertz CT molecular complexity index is 3790. The maximum absolute atomic E-state index is 7.06. The molecule has 14 rings (SSSR count). The SMILES string of the molecule is c1ccc(-c2c(N(c3cc4c5c(c3)N(c3ccccc3)c3ccccc3B5c3ccccc3N4c3ccccc3)c3cccc4c3oc3ccccc34)c3ccccc3c3ccccc23)cc1. The van der Waals surface area contributed by atoms with Crippen LogP contribution in [0.3, 0.4) is 0 Å². The van der Waals surface area contributed by atoms with Crippen LogP contribution in [-0.2, 0) is 0 Å². The van der Waals surface area contributed by atoms with Crippen molar-refractivity contribution in [3.8, 4) is 11.1 Å². The van der Waals surface area contributed by atoms with Gasteiger partial charge in [0.2, 0.25) is 0 Å². The molecule has 2 aliphatic rings. The highest BCUT2D eigenvalue weighted by atomic mass is 16.3. The molecule has 11 aromatic carbocycles. The number of hydrogen-bond donors (Lipinski definition) is 0. The van der Waals surface area contributed by atoms with Crippen molar-refractivity contribution in [1.82, 2.24) is 0 Å². The third kappa shape index (κ3) is 5.62. The minimum atomic E-state index is -0.0139. The predicted octanol–water partition coefficient (Wildman–Crippen LogP) is 15.1. The van der Waals surface area contributed by atoms with Gasteiger partial charge < -0.3 is 19.1 Å². The van der Waals surface area contributed by atoms with E-state index in [0.717, 1.165) is 78.3 Å². The molecule has 0 fully saturated rings. The molecule has 5 heteroatoms. The largest absolute Gasteiger partial charge is 0.454 e. The normalized spacial score (nSPS) is 12.7. The molecule has 1 aromatic heterocycles. The number of fused-ring (bicyclic) bond motifs is 10. The highest BCUT2D eigenvalue weighted by Gasteiger charge is 2.44. The molecule has 0 spiro atoms. The van der Waals surface area contributed by atoms with E-state index in [2.05, 4.69) is 257 Å². The first-order chi connectivity index (χ1) is 33.3. The van der Waals surface area contributed by atoms with Gasteiger partial charge in [-0.05, 0) is 98.8 Å². The molecule has 67 heavy (non-hydrogen) atoms. The third-order valence-electron chi connectivity index (χ3n) is 14.0. The van der Waals surface area contributed by atoms with Crippen LogP contribution in [-0.4, -0.2) is 6.71 Å². The van der Waals surface area contributed by atoms with Crippen LogP contribution in [0.2, 0.25) is 0 Å². The number of furan rings is 1. The molecule has 12 aromatic rings. The maximum Gasteiger partial charge on any atom is 0.252 e. The highest BCUT2D eigenvalue weighted by Crippen LogP contribution is 2.54. The van der Waals surface area contributed by atoms with E-state index in [9.17, 15) is 0 Å². The monoisotopic (exact) mass is 853 g/mol. The second kappa shape index (κ2) is 14.9. The number of rotatable bonds is 6. The Morgan fingerprint density at radius 2 is 0.851 bits per heavy atom. The number of nitrogens with zero attached hydrogens (tertiary/aromatic N) is 3. The number of hydrogen-bond acceptors (Lipinski definition) is 4. The molecule has 0 saturated heterocycles. The summed E-state index contributed by atoms with van der Waals surface area (Å²) in [5, 5.41) is 6.89. The van der Waals surface area contributed by atoms with Crippen LogP contribution in [0, 0.1) is 0 Å². The third-order valence-corrected chi connectivity index (χ3v) is 14.0. The van der Waals surface area contributed by atoms with Gasteiger partial charge in [-0.2, -0.15) is 0 Å². The Balaban J connectivity index is 1.19. The zero-order valence-corrected chi connectivity index (χ0v) is 36.4. The van der Waals surface area contributed by atoms with E-state index in [1.165, 1.54) is 43.9 Å². The van der Waals surface area contributed by atoms with E-state index in [-0.39, 0.29) is 6.71 Å². The molecule has 0 radical (unpaired) electrons. The van der Waals surface area contributed by atoms with Gasteiger partial charge in [0.05, 0.1) is 17.1 Å². The molecule has 3 heterocycles. The van der Waals surface area contributed by atoms with Crippen LogP contribution >= 0.6 is 0 Å². The van der Waals surface area contributed by atoms with E-state index < -0.39 is 0 Å². The molecule has 0 saturated carbocycles. The number of benzene rings is 11. The second-order valence-electron chi connectivity index (χ2n) is 17.6. The Labute approximate surface area is 388 Å². The fourth-order valence-electron chi connectivity index (χ4n) is 11.3. The summed E-state index contributed by atoms with van der Waals surface area (Å²) >= 11 is 0. The fraction of sp³-hybridized carbons (Fsp3) is 0. The standard InChI is InChI=1S/C62H40BN3O/c1-4-21-41(22-5-1)59-48-30-12-10-27-45(48)46-28-11-13-31-49(46)61(59)66(55-37-20-32-50-47-29-14-19-38-58(47)67-62(50)55)44-39-56-60-57(40-44)65(43-25-8-3-9-26-43)54-36-18-16-34-52(54)63(60)51-33-15-17-35-53(51)64(56)42-23-6-2-7-24-42/h1-40H. The van der Waals surface area contributed by atoms with Crippen molar-refractivity contribution < 1.29 is 4.42 Å². The maximum atomic E-state index is 7.06. The van der Waals surface area contributed by atoms with Crippen molar-refractivity contribution in [1.29, 1.82) is 0 Å². The molecule has 0 N–H and O–H groups in total. The summed E-state index contributed by atoms with van der Waals surface area (Å²) in [6.45, 7) is -0.0139. The minimum Gasteiger partial charge on any atom is -0.454 e. The highest BCUT2D eigenvalue weighted by molar-refractivity contribution is 7.00. The first-order valence-corrected chi connectivity index (χ1v) is 23.1. The molecule has 0 bridgehead atoms. The van der Waals surface area contributed by atoms with Gasteiger partial charge >= 0.3 is 0 Å². The predicted molar refractivity (Wildman–Crippen MR) is 283 cm³/mol. The Hall–Kier alpha value is -8.80. The summed E-state index contributed by atoms with van der Waals surface area (Å²) in [7, 11) is 0. The topological polar surface area (TPSA) is 22.9 Å². The average Bonchev–Trinajstić information content (AvgIpc) is 3.79. The summed E-state index contributed by atoms with van der Waals surface area (Å²) in [5.41, 5.74) is 17.7. The molecule has 0 aliphatic carbocycles. The van der Waals surface area contributed by atoms with E-state index in [4.69, 9.17) is 4.42 Å². The van der Waals surface area contributed by atoms with Crippen molar-refractivity contribution in [3.63, 3.8) is 0 Å². The van der Waals surface area contributed by atoms with Gasteiger partial charge in [-0.15, -0.1) is 0 Å². The molecule has 0 unspecified atom stereocenters. The smallest absolute Gasteiger partial charge is 0.252 e. The van der Waals surface area contributed by atoms with Crippen LogP contribution < -0.4 is 31.1 Å². The van der Waals surface area contributed by atoms with Gasteiger partial charge in [-0.25, -0.2) is 0 Å². The summed E-state index contributed by atoms with van der Waals surface area (Å²) in [6.07, 6.45) is 0. The van der Waals surface area contributed by atoms with E-state index >= 15 is 0 Å². The van der Waals surface area contributed by atoms with E-state index in [0.29, 0.717) is 0 Å². The molecular weight excluding hydrogens is 814 g/mol. The summed E-state index contributed by atoms with van der Waals surface area (Å²) in [5.74, 6) is 0. The lowest BCUT2D eigenvalue weighted by Crippen LogP contribution is -2.61. The molecule has 4 nitrogen and oxygen atoms in total. The molecular formula is C62H40BN3O. The van der Waals surface area contributed by atoms with Crippen LogP contribution in [0.5, 0.6) is 0 Å². The quantitative estimate of drug-likeness (QED) is 0.123. The molecule has 0 amide bonds. The van der Waals surface area contributed by atoms with Crippen molar-refractivity contribution in [2.45, 2.75) is 0 Å². The van der Waals surface area contributed by atoms with Crippen molar-refractivity contribution in [2.24, 2.45) is 0 Å². The second-order valence-corrected chi connectivity index (χ2v) is 17.6. The van der Waals surface area contributed by atoms with Crippen LogP contribution in [0.15, 0.2) is 247 Å². The first-order valence-electron chi connectivity index (χ1n) is 23.1. The Morgan fingerprint density at radius 1 is 0.373 bits per heavy atom. The van der Waals surface area contributed by atoms with Gasteiger partial charge in [-0.3, -0.25) is 0 Å². The van der Waals surface area contributed by atoms with Crippen LogP contribution in [0.1, 0.15) is 0 Å². The van der Waals surface area contributed by atoms with Crippen LogP contribution in [0.25, 0.3) is 54.6 Å². The lowest BCUT2D eigenvalue weighted by atomic mass is 9.33. The first kappa shape index (κ1) is 37.6.